The van der Waals surface area contributed by atoms with E-state index >= 15 is 0 Å². The fourth-order valence-electron chi connectivity index (χ4n) is 4.51. The zero-order chi connectivity index (χ0) is 32.6. The van der Waals surface area contributed by atoms with Crippen LogP contribution < -0.4 is 15.4 Å². The van der Waals surface area contributed by atoms with Crippen LogP contribution in [0, 0.1) is 0 Å². The van der Waals surface area contributed by atoms with Crippen LogP contribution >= 0.6 is 11.6 Å². The number of benzene rings is 4. The van der Waals surface area contributed by atoms with Crippen molar-refractivity contribution in [3.05, 3.63) is 107 Å². The van der Waals surface area contributed by atoms with Crippen molar-refractivity contribution in [3.8, 4) is 33.8 Å². The zero-order valence-corrected chi connectivity index (χ0v) is 26.7. The highest BCUT2D eigenvalue weighted by Gasteiger charge is 2.22. The molecule has 0 aliphatic carbocycles. The van der Waals surface area contributed by atoms with Crippen LogP contribution in [0.5, 0.6) is 11.5 Å². The molecule has 1 unspecified atom stereocenters. The Morgan fingerprint density at radius 3 is 2.31 bits per heavy atom. The monoisotopic (exact) mass is 628 g/mol. The smallest absolute Gasteiger partial charge is 0.407 e. The van der Waals surface area contributed by atoms with Gasteiger partial charge in [0.1, 0.15) is 23.1 Å². The maximum atomic E-state index is 13.6. The molecule has 0 fully saturated rings. The van der Waals surface area contributed by atoms with Crippen molar-refractivity contribution in [2.75, 3.05) is 6.61 Å². The number of rotatable bonds is 10. The second kappa shape index (κ2) is 14.8. The lowest BCUT2D eigenvalue weighted by Crippen LogP contribution is -2.39. The van der Waals surface area contributed by atoms with Crippen molar-refractivity contribution >= 4 is 29.6 Å². The molecule has 0 saturated heterocycles. The summed E-state index contributed by atoms with van der Waals surface area (Å²) in [6.07, 6.45) is -0.521. The van der Waals surface area contributed by atoms with Gasteiger partial charge in [-0.2, -0.15) is 0 Å². The summed E-state index contributed by atoms with van der Waals surface area (Å²) in [6, 6.07) is 26.9. The number of ether oxygens (including phenoxy) is 3. The van der Waals surface area contributed by atoms with E-state index in [2.05, 4.69) is 10.6 Å². The van der Waals surface area contributed by atoms with Crippen LogP contribution in [0.4, 0.5) is 4.79 Å². The molecule has 0 bridgehead atoms. The minimum absolute atomic E-state index is 0.208. The first-order valence-electron chi connectivity index (χ1n) is 14.6. The van der Waals surface area contributed by atoms with Crippen molar-refractivity contribution in [1.82, 2.24) is 10.6 Å². The molecule has 4 rings (SSSR count). The highest BCUT2D eigenvalue weighted by molar-refractivity contribution is 6.30. The Bertz CT molecular complexity index is 1670. The number of alkyl carbamates (subject to hydrolysis) is 1. The Morgan fingerprint density at radius 1 is 0.844 bits per heavy atom. The van der Waals surface area contributed by atoms with E-state index in [0.29, 0.717) is 33.2 Å². The molecule has 1 atom stereocenters. The molecule has 0 aliphatic heterocycles. The molecular formula is C36H37ClN2O6. The Morgan fingerprint density at radius 2 is 1.60 bits per heavy atom. The average Bonchev–Trinajstić information content (AvgIpc) is 3.00. The number of esters is 1. The fraction of sp³-hybridized carbons (Fsp3) is 0.250. The maximum absolute atomic E-state index is 13.6. The molecule has 0 aliphatic rings. The minimum Gasteiger partial charge on any atom is -0.464 e. The predicted octanol–water partition coefficient (Wildman–Crippen LogP) is 8.17. The summed E-state index contributed by atoms with van der Waals surface area (Å²) in [5.41, 5.74) is 3.57. The molecule has 0 spiro atoms. The van der Waals surface area contributed by atoms with Crippen molar-refractivity contribution in [3.63, 3.8) is 0 Å². The van der Waals surface area contributed by atoms with Gasteiger partial charge in [-0.05, 0) is 93.3 Å². The van der Waals surface area contributed by atoms with Gasteiger partial charge in [0.25, 0.3) is 5.91 Å². The fourth-order valence-corrected chi connectivity index (χ4v) is 4.68. The highest BCUT2D eigenvalue weighted by Crippen LogP contribution is 2.39. The summed E-state index contributed by atoms with van der Waals surface area (Å²) in [5, 5.41) is 5.94. The molecule has 9 heteroatoms. The van der Waals surface area contributed by atoms with Gasteiger partial charge >= 0.3 is 12.1 Å². The van der Waals surface area contributed by atoms with E-state index in [1.165, 1.54) is 0 Å². The lowest BCUT2D eigenvalue weighted by Gasteiger charge is -2.20. The molecule has 0 aromatic heterocycles. The number of halogens is 1. The van der Waals surface area contributed by atoms with Crippen molar-refractivity contribution in [1.29, 1.82) is 0 Å². The predicted molar refractivity (Wildman–Crippen MR) is 175 cm³/mol. The van der Waals surface area contributed by atoms with Crippen LogP contribution in [0.2, 0.25) is 5.02 Å². The van der Waals surface area contributed by atoms with Crippen LogP contribution in [0.15, 0.2) is 91.0 Å². The van der Waals surface area contributed by atoms with E-state index in [9.17, 15) is 14.4 Å². The second-order valence-corrected chi connectivity index (χ2v) is 11.8. The number of carbonyl (C=O) groups is 3. The third kappa shape index (κ3) is 9.33. The van der Waals surface area contributed by atoms with Crippen LogP contribution in [-0.4, -0.2) is 36.2 Å². The molecular weight excluding hydrogens is 592 g/mol. The SMILES string of the molecule is CCOC(=O)C(C)NC(=O)c1ccc(-c2ccccc2)cc1-c1ccc(Cl)cc1Oc1cccc(CNC(=O)OC(C)(C)C)c1. The van der Waals surface area contributed by atoms with E-state index in [0.717, 1.165) is 16.7 Å². The summed E-state index contributed by atoms with van der Waals surface area (Å²) in [6.45, 7) is 9.13. The summed E-state index contributed by atoms with van der Waals surface area (Å²) < 4.78 is 16.8. The van der Waals surface area contributed by atoms with E-state index in [1.54, 1.807) is 71.0 Å². The van der Waals surface area contributed by atoms with E-state index in [4.69, 9.17) is 25.8 Å². The summed E-state index contributed by atoms with van der Waals surface area (Å²) >= 11 is 6.43. The number of hydrogen-bond acceptors (Lipinski definition) is 6. The highest BCUT2D eigenvalue weighted by atomic mass is 35.5. The first-order valence-corrected chi connectivity index (χ1v) is 15.0. The van der Waals surface area contributed by atoms with E-state index < -0.39 is 29.6 Å². The third-order valence-electron chi connectivity index (χ3n) is 6.55. The molecule has 45 heavy (non-hydrogen) atoms. The van der Waals surface area contributed by atoms with Gasteiger partial charge in [-0.3, -0.25) is 4.79 Å². The molecule has 2 N–H and O–H groups in total. The number of amides is 2. The molecule has 4 aromatic carbocycles. The van der Waals surface area contributed by atoms with Gasteiger partial charge in [0, 0.05) is 28.8 Å². The normalized spacial score (nSPS) is 11.7. The first-order chi connectivity index (χ1) is 21.4. The standard InChI is InChI=1S/C36H37ClN2O6/c1-6-43-34(41)23(2)39-33(40)30-17-15-26(25-12-8-7-9-13-25)20-31(30)29-18-16-27(37)21-32(29)44-28-14-10-11-24(19-28)22-38-35(42)45-36(3,4)5/h7-21,23H,6,22H2,1-5H3,(H,38,42)(H,39,40). The lowest BCUT2D eigenvalue weighted by atomic mass is 9.93. The minimum atomic E-state index is -0.850. The van der Waals surface area contributed by atoms with Gasteiger partial charge in [-0.1, -0.05) is 60.1 Å². The maximum Gasteiger partial charge on any atom is 0.407 e. The molecule has 0 saturated carbocycles. The van der Waals surface area contributed by atoms with Crippen molar-refractivity contribution in [2.45, 2.75) is 52.8 Å². The third-order valence-corrected chi connectivity index (χ3v) is 6.79. The number of hydrogen-bond donors (Lipinski definition) is 2. The van der Waals surface area contributed by atoms with Gasteiger partial charge in [-0.15, -0.1) is 0 Å². The Balaban J connectivity index is 1.70. The molecule has 8 nitrogen and oxygen atoms in total. The van der Waals surface area contributed by atoms with Gasteiger partial charge in [0.05, 0.1) is 6.61 Å². The van der Waals surface area contributed by atoms with Crippen molar-refractivity contribution in [2.24, 2.45) is 0 Å². The largest absolute Gasteiger partial charge is 0.464 e. The number of carbonyl (C=O) groups excluding carboxylic acids is 3. The van der Waals surface area contributed by atoms with Crippen LogP contribution in [0.1, 0.15) is 50.5 Å². The quantitative estimate of drug-likeness (QED) is 0.172. The summed E-state index contributed by atoms with van der Waals surface area (Å²) in [4.78, 5) is 38.0. The Labute approximate surface area is 268 Å². The van der Waals surface area contributed by atoms with Crippen LogP contribution in [-0.2, 0) is 20.8 Å². The van der Waals surface area contributed by atoms with Gasteiger partial charge < -0.3 is 24.8 Å². The lowest BCUT2D eigenvalue weighted by molar-refractivity contribution is -0.144. The Hall–Kier alpha value is -4.82. The molecule has 2 amide bonds. The number of nitrogens with one attached hydrogen (secondary N) is 2. The molecule has 0 heterocycles. The topological polar surface area (TPSA) is 103 Å². The molecule has 234 valence electrons. The second-order valence-electron chi connectivity index (χ2n) is 11.3. The Kier molecular flexibility index (Phi) is 10.9. The van der Waals surface area contributed by atoms with E-state index in [-0.39, 0.29) is 13.2 Å². The van der Waals surface area contributed by atoms with Crippen molar-refractivity contribution < 1.29 is 28.6 Å². The van der Waals surface area contributed by atoms with Gasteiger partial charge in [-0.25, -0.2) is 9.59 Å². The molecule has 4 aromatic rings. The van der Waals surface area contributed by atoms with Crippen LogP contribution in [0.3, 0.4) is 0 Å². The van der Waals surface area contributed by atoms with Crippen LogP contribution in [0.25, 0.3) is 22.3 Å². The van der Waals surface area contributed by atoms with E-state index in [1.807, 2.05) is 54.6 Å². The summed E-state index contributed by atoms with van der Waals surface area (Å²) in [5.74, 6) is -0.0493. The first kappa shape index (κ1) is 33.1. The zero-order valence-electron chi connectivity index (χ0n) is 26.0. The molecule has 0 radical (unpaired) electrons. The summed E-state index contributed by atoms with van der Waals surface area (Å²) in [7, 11) is 0. The van der Waals surface area contributed by atoms with Gasteiger partial charge in [0.15, 0.2) is 0 Å². The average molecular weight is 629 g/mol. The van der Waals surface area contributed by atoms with Gasteiger partial charge in [0.2, 0.25) is 0 Å².